The van der Waals surface area contributed by atoms with E-state index in [-0.39, 0.29) is 0 Å². The zero-order chi connectivity index (χ0) is 38.9. The van der Waals surface area contributed by atoms with E-state index in [1.807, 2.05) is 0 Å². The first kappa shape index (κ1) is 33.5. The molecule has 0 spiro atoms. The van der Waals surface area contributed by atoms with Gasteiger partial charge >= 0.3 is 0 Å². The Labute approximate surface area is 344 Å². The molecule has 2 nitrogen and oxygen atoms in total. The van der Waals surface area contributed by atoms with E-state index in [1.165, 1.54) is 77.4 Å². The molecule has 10 aromatic carbocycles. The summed E-state index contributed by atoms with van der Waals surface area (Å²) in [5.41, 5.74) is 16.6. The van der Waals surface area contributed by atoms with Crippen LogP contribution in [0.15, 0.2) is 231 Å². The van der Waals surface area contributed by atoms with E-state index in [0.717, 1.165) is 22.7 Å². The maximum atomic E-state index is 2.48. The second-order valence-corrected chi connectivity index (χ2v) is 15.6. The Bertz CT molecular complexity index is 3160. The van der Waals surface area contributed by atoms with E-state index in [9.17, 15) is 0 Å². The molecule has 12 rings (SSSR count). The van der Waals surface area contributed by atoms with Crippen molar-refractivity contribution in [3.8, 4) is 22.3 Å². The highest BCUT2D eigenvalue weighted by Crippen LogP contribution is 2.58. The third-order valence-electron chi connectivity index (χ3n) is 12.6. The molecule has 0 N–H and O–H groups in total. The van der Waals surface area contributed by atoms with Gasteiger partial charge in [-0.1, -0.05) is 176 Å². The van der Waals surface area contributed by atoms with Crippen LogP contribution in [0, 0.1) is 0 Å². The minimum absolute atomic E-state index is 0.488. The van der Waals surface area contributed by atoms with E-state index in [0.29, 0.717) is 0 Å². The monoisotopic (exact) mass is 750 g/mol. The predicted octanol–water partition coefficient (Wildman–Crippen LogP) is 15.3. The first-order valence-electron chi connectivity index (χ1n) is 20.4. The summed E-state index contributed by atoms with van der Waals surface area (Å²) in [6, 6.07) is 84.8. The van der Waals surface area contributed by atoms with Gasteiger partial charge in [0.1, 0.15) is 0 Å². The van der Waals surface area contributed by atoms with Crippen LogP contribution in [-0.4, -0.2) is 0 Å². The van der Waals surface area contributed by atoms with E-state index < -0.39 is 5.41 Å². The van der Waals surface area contributed by atoms with E-state index in [1.54, 1.807) is 0 Å². The van der Waals surface area contributed by atoms with Crippen LogP contribution in [0.1, 0.15) is 22.3 Å². The molecule has 1 aliphatic carbocycles. The molecule has 0 atom stereocenters. The smallest absolute Gasteiger partial charge is 0.0714 e. The van der Waals surface area contributed by atoms with Gasteiger partial charge in [0.15, 0.2) is 0 Å². The number of rotatable bonds is 6. The molecule has 0 amide bonds. The molecule has 0 radical (unpaired) electrons. The highest BCUT2D eigenvalue weighted by atomic mass is 15.2. The maximum absolute atomic E-state index is 2.48. The van der Waals surface area contributed by atoms with Crippen LogP contribution in [0.4, 0.5) is 34.1 Å². The minimum Gasteiger partial charge on any atom is -0.310 e. The van der Waals surface area contributed by atoms with Gasteiger partial charge in [0.25, 0.3) is 0 Å². The van der Waals surface area contributed by atoms with Gasteiger partial charge in [-0.15, -0.1) is 0 Å². The Balaban J connectivity index is 1.05. The first-order chi connectivity index (χ1) is 29.3. The van der Waals surface area contributed by atoms with Crippen molar-refractivity contribution in [1.29, 1.82) is 0 Å². The van der Waals surface area contributed by atoms with Crippen LogP contribution in [0.25, 0.3) is 43.8 Å². The van der Waals surface area contributed by atoms with E-state index in [4.69, 9.17) is 0 Å². The van der Waals surface area contributed by atoms with Crippen LogP contribution in [0.2, 0.25) is 0 Å². The summed E-state index contributed by atoms with van der Waals surface area (Å²) in [6.45, 7) is 0. The summed E-state index contributed by atoms with van der Waals surface area (Å²) in [4.78, 5) is 4.88. The fraction of sp³-hybridized carbons (Fsp3) is 0.0175. The normalized spacial score (nSPS) is 13.2. The van der Waals surface area contributed by atoms with Crippen LogP contribution >= 0.6 is 0 Å². The molecule has 1 aliphatic heterocycles. The number of anilines is 6. The quantitative estimate of drug-likeness (QED) is 0.167. The number of para-hydroxylation sites is 1. The number of benzene rings is 10. The molecule has 0 bridgehead atoms. The summed E-state index contributed by atoms with van der Waals surface area (Å²) >= 11 is 0. The number of hydrogen-bond donors (Lipinski definition) is 0. The third kappa shape index (κ3) is 4.93. The lowest BCUT2D eigenvalue weighted by molar-refractivity contribution is 0.768. The molecule has 0 saturated heterocycles. The average Bonchev–Trinajstić information content (AvgIpc) is 3.61. The lowest BCUT2D eigenvalue weighted by Gasteiger charge is -2.35. The van der Waals surface area contributed by atoms with Crippen LogP contribution in [-0.2, 0) is 5.41 Å². The molecular weight excluding hydrogens is 713 g/mol. The van der Waals surface area contributed by atoms with Crippen molar-refractivity contribution in [3.63, 3.8) is 0 Å². The molecule has 2 aliphatic rings. The molecule has 2 heteroatoms. The van der Waals surface area contributed by atoms with Crippen LogP contribution in [0.5, 0.6) is 0 Å². The van der Waals surface area contributed by atoms with Crippen molar-refractivity contribution < 1.29 is 0 Å². The van der Waals surface area contributed by atoms with Crippen molar-refractivity contribution >= 4 is 55.7 Å². The second-order valence-electron chi connectivity index (χ2n) is 15.6. The molecule has 1 heterocycles. The maximum Gasteiger partial charge on any atom is 0.0714 e. The minimum atomic E-state index is -0.488. The highest BCUT2D eigenvalue weighted by Gasteiger charge is 2.46. The number of hydrogen-bond acceptors (Lipinski definition) is 2. The largest absolute Gasteiger partial charge is 0.310 e. The Morgan fingerprint density at radius 3 is 1.68 bits per heavy atom. The van der Waals surface area contributed by atoms with Crippen molar-refractivity contribution in [2.75, 3.05) is 9.80 Å². The topological polar surface area (TPSA) is 6.48 Å². The fourth-order valence-electron chi connectivity index (χ4n) is 10.2. The summed E-state index contributed by atoms with van der Waals surface area (Å²) in [5, 5.41) is 5.00. The van der Waals surface area contributed by atoms with Gasteiger partial charge in [0.2, 0.25) is 0 Å². The van der Waals surface area contributed by atoms with Crippen molar-refractivity contribution in [1.82, 2.24) is 0 Å². The Morgan fingerprint density at radius 2 is 0.915 bits per heavy atom. The van der Waals surface area contributed by atoms with Crippen molar-refractivity contribution in [2.45, 2.75) is 5.41 Å². The molecule has 59 heavy (non-hydrogen) atoms. The predicted molar refractivity (Wildman–Crippen MR) is 247 cm³/mol. The summed E-state index contributed by atoms with van der Waals surface area (Å²) < 4.78 is 0. The standard InChI is InChI=1S/C57H38N2/c1-4-19-41(20-5-1)57(42-21-6-2-7-22-42)52-28-13-12-26-48(52)49-37-35-46(38-53(49)57)58(43-23-8-3-9-24-43)44-31-33-45(34-32-44)59-54-29-15-18-40-17-14-27-50(55(40)54)51-36-30-39-16-10-11-25-47(39)56(51)59/h1-38H. The van der Waals surface area contributed by atoms with Gasteiger partial charge in [-0.2, -0.15) is 0 Å². The van der Waals surface area contributed by atoms with Crippen molar-refractivity contribution in [2.24, 2.45) is 0 Å². The van der Waals surface area contributed by atoms with Gasteiger partial charge < -0.3 is 9.80 Å². The van der Waals surface area contributed by atoms with Gasteiger partial charge in [-0.05, 0) is 104 Å². The van der Waals surface area contributed by atoms with Crippen molar-refractivity contribution in [3.05, 3.63) is 253 Å². The van der Waals surface area contributed by atoms with Gasteiger partial charge in [0, 0.05) is 39.1 Å². The Kier molecular flexibility index (Phi) is 7.48. The molecular formula is C57H38N2. The molecule has 0 unspecified atom stereocenters. The average molecular weight is 751 g/mol. The van der Waals surface area contributed by atoms with E-state index in [2.05, 4.69) is 240 Å². The number of nitrogens with zero attached hydrogens (tertiary/aromatic N) is 2. The van der Waals surface area contributed by atoms with Crippen LogP contribution < -0.4 is 9.80 Å². The summed E-state index contributed by atoms with van der Waals surface area (Å²) in [5.74, 6) is 0. The molecule has 276 valence electrons. The summed E-state index contributed by atoms with van der Waals surface area (Å²) in [7, 11) is 0. The molecule has 0 aromatic heterocycles. The third-order valence-corrected chi connectivity index (χ3v) is 12.6. The Hall–Kier alpha value is -7.68. The molecule has 10 aromatic rings. The lowest BCUT2D eigenvalue weighted by Crippen LogP contribution is -2.28. The SMILES string of the molecule is c1ccc(N(c2ccc(N3c4c(ccc5ccccc45)-c4cccc5cccc3c45)cc2)c2ccc3c(c2)C(c2ccccc2)(c2ccccc2)c2ccccc2-3)cc1. The zero-order valence-corrected chi connectivity index (χ0v) is 32.3. The van der Waals surface area contributed by atoms with Gasteiger partial charge in [-0.25, -0.2) is 0 Å². The Morgan fingerprint density at radius 1 is 0.356 bits per heavy atom. The fourth-order valence-corrected chi connectivity index (χ4v) is 10.2. The number of fused-ring (bicyclic) bond motifs is 7. The van der Waals surface area contributed by atoms with Gasteiger partial charge in [-0.3, -0.25) is 0 Å². The lowest BCUT2D eigenvalue weighted by atomic mass is 9.67. The van der Waals surface area contributed by atoms with Gasteiger partial charge in [0.05, 0.1) is 16.8 Å². The highest BCUT2D eigenvalue weighted by molar-refractivity contribution is 6.18. The molecule has 0 saturated carbocycles. The van der Waals surface area contributed by atoms with Crippen LogP contribution in [0.3, 0.4) is 0 Å². The first-order valence-corrected chi connectivity index (χ1v) is 20.4. The second kappa shape index (κ2) is 13.2. The molecule has 0 fully saturated rings. The zero-order valence-electron chi connectivity index (χ0n) is 32.3. The van der Waals surface area contributed by atoms with E-state index >= 15 is 0 Å². The summed E-state index contributed by atoms with van der Waals surface area (Å²) in [6.07, 6.45) is 0.